The lowest BCUT2D eigenvalue weighted by molar-refractivity contribution is -0.141. The standard InChI is InChI=1S/C13H15NO3S/c1-8-2-4-9(5-3-8)6-11-12(15)14-10(7-18-11)13(16)17/h2-5,10-11H,6-7H2,1H3,(H,14,15)(H,16,17)/t10-,11+/m1/s1. The molecule has 1 heterocycles. The summed E-state index contributed by atoms with van der Waals surface area (Å²) in [5, 5.41) is 11.2. The molecule has 0 saturated carbocycles. The maximum absolute atomic E-state index is 11.8. The van der Waals surface area contributed by atoms with Crippen LogP contribution in [0.1, 0.15) is 11.1 Å². The van der Waals surface area contributed by atoms with Crippen molar-refractivity contribution in [2.45, 2.75) is 24.6 Å². The summed E-state index contributed by atoms with van der Waals surface area (Å²) in [7, 11) is 0. The number of carbonyl (C=O) groups excluding carboxylic acids is 1. The maximum atomic E-state index is 11.8. The van der Waals surface area contributed by atoms with E-state index in [0.717, 1.165) is 5.56 Å². The van der Waals surface area contributed by atoms with Gasteiger partial charge in [-0.1, -0.05) is 29.8 Å². The molecule has 0 bridgehead atoms. The van der Waals surface area contributed by atoms with E-state index in [9.17, 15) is 9.59 Å². The number of hydrogen-bond acceptors (Lipinski definition) is 3. The van der Waals surface area contributed by atoms with Crippen molar-refractivity contribution in [3.05, 3.63) is 35.4 Å². The van der Waals surface area contributed by atoms with E-state index in [1.165, 1.54) is 17.3 Å². The Morgan fingerprint density at radius 1 is 1.44 bits per heavy atom. The number of carbonyl (C=O) groups is 2. The number of thioether (sulfide) groups is 1. The molecule has 0 radical (unpaired) electrons. The van der Waals surface area contributed by atoms with Crippen LogP contribution in [0.5, 0.6) is 0 Å². The Morgan fingerprint density at radius 2 is 2.11 bits per heavy atom. The Balaban J connectivity index is 1.97. The summed E-state index contributed by atoms with van der Waals surface area (Å²) < 4.78 is 0. The van der Waals surface area contributed by atoms with Gasteiger partial charge in [0.2, 0.25) is 5.91 Å². The Morgan fingerprint density at radius 3 is 2.67 bits per heavy atom. The highest BCUT2D eigenvalue weighted by atomic mass is 32.2. The molecule has 4 nitrogen and oxygen atoms in total. The van der Waals surface area contributed by atoms with Crippen molar-refractivity contribution in [2.24, 2.45) is 0 Å². The third-order valence-corrected chi connectivity index (χ3v) is 4.22. The summed E-state index contributed by atoms with van der Waals surface area (Å²) in [6.45, 7) is 2.02. The molecule has 5 heteroatoms. The van der Waals surface area contributed by atoms with Crippen LogP contribution in [0.25, 0.3) is 0 Å². The zero-order valence-electron chi connectivity index (χ0n) is 10.1. The van der Waals surface area contributed by atoms with Gasteiger partial charge in [-0.05, 0) is 18.9 Å². The molecule has 2 rings (SSSR count). The van der Waals surface area contributed by atoms with Crippen molar-refractivity contribution in [1.29, 1.82) is 0 Å². The van der Waals surface area contributed by atoms with Crippen molar-refractivity contribution in [3.8, 4) is 0 Å². The number of aryl methyl sites for hydroxylation is 1. The zero-order valence-corrected chi connectivity index (χ0v) is 10.9. The third kappa shape index (κ3) is 3.04. The Labute approximate surface area is 110 Å². The number of aliphatic carboxylic acids is 1. The average molecular weight is 265 g/mol. The third-order valence-electron chi connectivity index (χ3n) is 2.91. The van der Waals surface area contributed by atoms with E-state index in [0.29, 0.717) is 12.2 Å². The van der Waals surface area contributed by atoms with E-state index >= 15 is 0 Å². The number of hydrogen-bond donors (Lipinski definition) is 2. The predicted molar refractivity (Wildman–Crippen MR) is 70.7 cm³/mol. The minimum atomic E-state index is -0.968. The molecule has 1 aromatic rings. The van der Waals surface area contributed by atoms with Crippen LogP contribution in [0, 0.1) is 6.92 Å². The molecule has 2 N–H and O–H groups in total. The highest BCUT2D eigenvalue weighted by Gasteiger charge is 2.31. The van der Waals surface area contributed by atoms with Gasteiger partial charge in [0.1, 0.15) is 6.04 Å². The van der Waals surface area contributed by atoms with Gasteiger partial charge in [0, 0.05) is 5.75 Å². The molecule has 1 aliphatic rings. The Bertz CT molecular complexity index is 458. The van der Waals surface area contributed by atoms with Crippen LogP contribution in [0.4, 0.5) is 0 Å². The first-order valence-corrected chi connectivity index (χ1v) is 6.81. The first-order valence-electron chi connectivity index (χ1n) is 5.76. The highest BCUT2D eigenvalue weighted by Crippen LogP contribution is 2.22. The first kappa shape index (κ1) is 13.0. The van der Waals surface area contributed by atoms with Gasteiger partial charge < -0.3 is 10.4 Å². The second kappa shape index (κ2) is 5.44. The lowest BCUT2D eigenvalue weighted by atomic mass is 10.1. The number of nitrogens with one attached hydrogen (secondary N) is 1. The quantitative estimate of drug-likeness (QED) is 0.862. The van der Waals surface area contributed by atoms with Gasteiger partial charge >= 0.3 is 5.97 Å². The molecule has 1 saturated heterocycles. The topological polar surface area (TPSA) is 66.4 Å². The van der Waals surface area contributed by atoms with Crippen molar-refractivity contribution in [3.63, 3.8) is 0 Å². The fourth-order valence-electron chi connectivity index (χ4n) is 1.82. The minimum absolute atomic E-state index is 0.181. The van der Waals surface area contributed by atoms with Gasteiger partial charge in [-0.25, -0.2) is 4.79 Å². The van der Waals surface area contributed by atoms with Gasteiger partial charge in [-0.3, -0.25) is 4.79 Å². The SMILES string of the molecule is Cc1ccc(C[C@@H]2SC[C@H](C(=O)O)NC2=O)cc1. The van der Waals surface area contributed by atoms with E-state index in [1.54, 1.807) is 0 Å². The molecule has 2 atom stereocenters. The fourth-order valence-corrected chi connectivity index (χ4v) is 3.00. The Hall–Kier alpha value is -1.49. The maximum Gasteiger partial charge on any atom is 0.327 e. The van der Waals surface area contributed by atoms with E-state index in [1.807, 2.05) is 31.2 Å². The monoisotopic (exact) mass is 265 g/mol. The molecule has 1 fully saturated rings. The second-order valence-corrected chi connectivity index (χ2v) is 5.65. The summed E-state index contributed by atoms with van der Waals surface area (Å²) in [5.74, 6) is -0.721. The number of carboxylic acids is 1. The van der Waals surface area contributed by atoms with Crippen molar-refractivity contribution in [1.82, 2.24) is 5.32 Å². The van der Waals surface area contributed by atoms with E-state index in [-0.39, 0.29) is 11.2 Å². The van der Waals surface area contributed by atoms with Gasteiger partial charge in [0.05, 0.1) is 5.25 Å². The Kier molecular flexibility index (Phi) is 3.91. The summed E-state index contributed by atoms with van der Waals surface area (Å²) in [4.78, 5) is 22.6. The predicted octanol–water partition coefficient (Wildman–Crippen LogP) is 1.22. The van der Waals surface area contributed by atoms with E-state index < -0.39 is 12.0 Å². The fraction of sp³-hybridized carbons (Fsp3) is 0.385. The molecule has 0 unspecified atom stereocenters. The smallest absolute Gasteiger partial charge is 0.327 e. The van der Waals surface area contributed by atoms with Crippen LogP contribution in [0.3, 0.4) is 0 Å². The first-order chi connectivity index (χ1) is 8.56. The normalized spacial score (nSPS) is 23.5. The van der Waals surface area contributed by atoms with Crippen LogP contribution < -0.4 is 5.32 Å². The lowest BCUT2D eigenvalue weighted by Gasteiger charge is -2.26. The summed E-state index contributed by atoms with van der Waals surface area (Å²) in [6.07, 6.45) is 0.642. The van der Waals surface area contributed by atoms with Gasteiger partial charge in [0.15, 0.2) is 0 Å². The minimum Gasteiger partial charge on any atom is -0.480 e. The van der Waals surface area contributed by atoms with Gasteiger partial charge in [-0.15, -0.1) is 11.8 Å². The van der Waals surface area contributed by atoms with Crippen molar-refractivity contribution < 1.29 is 14.7 Å². The number of amides is 1. The number of carboxylic acid groups (broad SMARTS) is 1. The molecule has 18 heavy (non-hydrogen) atoms. The summed E-state index contributed by atoms with van der Waals surface area (Å²) in [6, 6.07) is 7.29. The van der Waals surface area contributed by atoms with Crippen LogP contribution in [-0.2, 0) is 16.0 Å². The lowest BCUT2D eigenvalue weighted by Crippen LogP contribution is -2.51. The second-order valence-electron chi connectivity index (χ2n) is 4.41. The van der Waals surface area contributed by atoms with Crippen molar-refractivity contribution in [2.75, 3.05) is 5.75 Å². The van der Waals surface area contributed by atoms with Gasteiger partial charge in [-0.2, -0.15) is 0 Å². The molecule has 0 aliphatic carbocycles. The number of benzene rings is 1. The molecular formula is C13H15NO3S. The molecule has 0 spiro atoms. The summed E-state index contributed by atoms with van der Waals surface area (Å²) >= 11 is 1.41. The molecule has 0 aromatic heterocycles. The van der Waals surface area contributed by atoms with Crippen LogP contribution >= 0.6 is 11.8 Å². The molecule has 1 aliphatic heterocycles. The summed E-state index contributed by atoms with van der Waals surface area (Å²) in [5.41, 5.74) is 2.28. The molecule has 1 aromatic carbocycles. The molecule has 1 amide bonds. The van der Waals surface area contributed by atoms with E-state index in [4.69, 9.17) is 5.11 Å². The molecule has 96 valence electrons. The zero-order chi connectivity index (χ0) is 13.1. The average Bonchev–Trinajstić information content (AvgIpc) is 2.34. The van der Waals surface area contributed by atoms with Crippen LogP contribution in [0.15, 0.2) is 24.3 Å². The molecular weight excluding hydrogens is 250 g/mol. The van der Waals surface area contributed by atoms with E-state index in [2.05, 4.69) is 5.32 Å². The van der Waals surface area contributed by atoms with Crippen molar-refractivity contribution >= 4 is 23.6 Å². The number of rotatable bonds is 3. The largest absolute Gasteiger partial charge is 0.480 e. The van der Waals surface area contributed by atoms with Crippen LogP contribution in [0.2, 0.25) is 0 Å². The van der Waals surface area contributed by atoms with Gasteiger partial charge in [0.25, 0.3) is 0 Å². The highest BCUT2D eigenvalue weighted by molar-refractivity contribution is 8.00. The van der Waals surface area contributed by atoms with Crippen LogP contribution in [-0.4, -0.2) is 34.0 Å².